The summed E-state index contributed by atoms with van der Waals surface area (Å²) in [6.07, 6.45) is 4.31. The highest BCUT2D eigenvalue weighted by atomic mass is 19.3. The molecule has 0 radical (unpaired) electrons. The van der Waals surface area contributed by atoms with Crippen LogP contribution in [0.15, 0.2) is 12.4 Å². The maximum Gasteiger partial charge on any atom is 0.319 e. The summed E-state index contributed by atoms with van der Waals surface area (Å²) in [4.78, 5) is 20.4. The number of aromatic nitrogens is 2. The molecule has 0 saturated carbocycles. The van der Waals surface area contributed by atoms with Crippen LogP contribution in [-0.4, -0.2) is 70.7 Å². The third-order valence-electron chi connectivity index (χ3n) is 5.07. The zero-order valence-electron chi connectivity index (χ0n) is 14.2. The number of piperazine rings is 1. The van der Waals surface area contributed by atoms with Crippen LogP contribution in [-0.2, 0) is 16.1 Å². The molecule has 2 saturated heterocycles. The predicted molar refractivity (Wildman–Crippen MR) is 86.9 cm³/mol. The van der Waals surface area contributed by atoms with Crippen molar-refractivity contribution in [1.29, 1.82) is 0 Å². The SMILES string of the molecule is NC(C(=O)N1CCN(Cc2nccn2C(F)F)CC1)C1CCOCC1. The Balaban J connectivity index is 1.49. The van der Waals surface area contributed by atoms with E-state index < -0.39 is 12.6 Å². The second-order valence-electron chi connectivity index (χ2n) is 6.61. The molecule has 2 aliphatic heterocycles. The molecular weight excluding hydrogens is 332 g/mol. The van der Waals surface area contributed by atoms with E-state index in [1.165, 1.54) is 12.4 Å². The van der Waals surface area contributed by atoms with Crippen LogP contribution in [0.2, 0.25) is 0 Å². The van der Waals surface area contributed by atoms with Gasteiger partial charge in [-0.25, -0.2) is 4.98 Å². The highest BCUT2D eigenvalue weighted by molar-refractivity contribution is 5.82. The number of ether oxygens (including phenoxy) is 1. The van der Waals surface area contributed by atoms with Crippen LogP contribution < -0.4 is 5.73 Å². The molecule has 1 aromatic rings. The fourth-order valence-corrected chi connectivity index (χ4v) is 3.46. The number of carbonyl (C=O) groups is 1. The number of carbonyl (C=O) groups excluding carboxylic acids is 1. The van der Waals surface area contributed by atoms with Crippen molar-refractivity contribution in [3.05, 3.63) is 18.2 Å². The maximum absolute atomic E-state index is 12.9. The van der Waals surface area contributed by atoms with Crippen molar-refractivity contribution in [3.8, 4) is 0 Å². The Kier molecular flexibility index (Phi) is 5.98. The zero-order chi connectivity index (χ0) is 17.8. The van der Waals surface area contributed by atoms with Gasteiger partial charge in [0.25, 0.3) is 0 Å². The topological polar surface area (TPSA) is 76.6 Å². The molecule has 2 aliphatic rings. The molecule has 3 heterocycles. The quantitative estimate of drug-likeness (QED) is 0.839. The van der Waals surface area contributed by atoms with E-state index in [4.69, 9.17) is 10.5 Å². The average molecular weight is 357 g/mol. The van der Waals surface area contributed by atoms with Gasteiger partial charge in [0.2, 0.25) is 5.91 Å². The Bertz CT molecular complexity index is 569. The van der Waals surface area contributed by atoms with Gasteiger partial charge >= 0.3 is 6.55 Å². The second-order valence-corrected chi connectivity index (χ2v) is 6.61. The lowest BCUT2D eigenvalue weighted by atomic mass is 9.91. The van der Waals surface area contributed by atoms with Crippen molar-refractivity contribution in [2.75, 3.05) is 39.4 Å². The minimum absolute atomic E-state index is 0.0133. The maximum atomic E-state index is 12.9. The normalized spacial score (nSPS) is 21.7. The first-order chi connectivity index (χ1) is 12.1. The van der Waals surface area contributed by atoms with E-state index in [9.17, 15) is 13.6 Å². The number of imidazole rings is 1. The fourth-order valence-electron chi connectivity index (χ4n) is 3.46. The van der Waals surface area contributed by atoms with Gasteiger partial charge in [0, 0.05) is 51.8 Å². The van der Waals surface area contributed by atoms with E-state index in [2.05, 4.69) is 4.98 Å². The summed E-state index contributed by atoms with van der Waals surface area (Å²) < 4.78 is 31.9. The molecule has 140 valence electrons. The van der Waals surface area contributed by atoms with E-state index in [-0.39, 0.29) is 11.8 Å². The second kappa shape index (κ2) is 8.20. The minimum atomic E-state index is -2.59. The van der Waals surface area contributed by atoms with Crippen molar-refractivity contribution in [3.63, 3.8) is 0 Å². The average Bonchev–Trinajstić information content (AvgIpc) is 3.10. The summed E-state index contributed by atoms with van der Waals surface area (Å²) in [6, 6.07) is -0.479. The third-order valence-corrected chi connectivity index (χ3v) is 5.07. The van der Waals surface area contributed by atoms with E-state index in [1.807, 2.05) is 4.90 Å². The number of rotatable bonds is 5. The van der Waals surface area contributed by atoms with Crippen LogP contribution in [0.4, 0.5) is 8.78 Å². The molecule has 25 heavy (non-hydrogen) atoms. The lowest BCUT2D eigenvalue weighted by Crippen LogP contribution is -2.55. The molecule has 7 nitrogen and oxygen atoms in total. The summed E-state index contributed by atoms with van der Waals surface area (Å²) in [5.41, 5.74) is 6.16. The Morgan fingerprint density at radius 2 is 1.96 bits per heavy atom. The van der Waals surface area contributed by atoms with Crippen molar-refractivity contribution < 1.29 is 18.3 Å². The third kappa shape index (κ3) is 4.34. The van der Waals surface area contributed by atoms with Gasteiger partial charge in [-0.15, -0.1) is 0 Å². The van der Waals surface area contributed by atoms with Gasteiger partial charge in [-0.05, 0) is 18.8 Å². The van der Waals surface area contributed by atoms with Crippen LogP contribution in [0.1, 0.15) is 25.2 Å². The van der Waals surface area contributed by atoms with Gasteiger partial charge in [-0.3, -0.25) is 14.3 Å². The van der Waals surface area contributed by atoms with Crippen molar-refractivity contribution in [2.24, 2.45) is 11.7 Å². The summed E-state index contributed by atoms with van der Waals surface area (Å²) in [5, 5.41) is 0. The molecule has 0 bridgehead atoms. The van der Waals surface area contributed by atoms with Crippen molar-refractivity contribution >= 4 is 5.91 Å². The molecule has 2 N–H and O–H groups in total. The standard InChI is InChI=1S/C16H25F2N5O2/c17-16(18)23-4-3-20-13(23)11-21-5-7-22(8-6-21)15(24)14(19)12-1-9-25-10-2-12/h3-4,12,14,16H,1-2,5-11,19H2. The summed E-state index contributed by atoms with van der Waals surface area (Å²) in [5.74, 6) is 0.507. The van der Waals surface area contributed by atoms with Gasteiger partial charge in [-0.1, -0.05) is 0 Å². The van der Waals surface area contributed by atoms with Gasteiger partial charge in [0.05, 0.1) is 12.6 Å². The smallest absolute Gasteiger partial charge is 0.319 e. The van der Waals surface area contributed by atoms with E-state index in [0.717, 1.165) is 17.4 Å². The molecule has 1 atom stereocenters. The molecular formula is C16H25F2N5O2. The Morgan fingerprint density at radius 1 is 1.28 bits per heavy atom. The van der Waals surface area contributed by atoms with Gasteiger partial charge < -0.3 is 15.4 Å². The number of amides is 1. The molecule has 9 heteroatoms. The zero-order valence-corrected chi connectivity index (χ0v) is 14.2. The van der Waals surface area contributed by atoms with Gasteiger partial charge in [0.15, 0.2) is 0 Å². The van der Waals surface area contributed by atoms with Crippen LogP contribution in [0, 0.1) is 5.92 Å². The first kappa shape index (κ1) is 18.2. The van der Waals surface area contributed by atoms with Crippen LogP contribution in [0.3, 0.4) is 0 Å². The number of halogens is 2. The molecule has 1 unspecified atom stereocenters. The van der Waals surface area contributed by atoms with Crippen molar-refractivity contribution in [1.82, 2.24) is 19.4 Å². The number of hydrogen-bond donors (Lipinski definition) is 1. The van der Waals surface area contributed by atoms with Gasteiger partial charge in [0.1, 0.15) is 5.82 Å². The summed E-state index contributed by atoms with van der Waals surface area (Å²) in [6.45, 7) is 1.47. The lowest BCUT2D eigenvalue weighted by molar-refractivity contribution is -0.136. The van der Waals surface area contributed by atoms with E-state index in [0.29, 0.717) is 51.8 Å². The van der Waals surface area contributed by atoms with Crippen molar-refractivity contribution in [2.45, 2.75) is 32.0 Å². The summed E-state index contributed by atoms with van der Waals surface area (Å²) in [7, 11) is 0. The van der Waals surface area contributed by atoms with Gasteiger partial charge in [-0.2, -0.15) is 8.78 Å². The number of hydrogen-bond acceptors (Lipinski definition) is 5. The predicted octanol–water partition coefficient (Wildman–Crippen LogP) is 0.676. The van der Waals surface area contributed by atoms with E-state index in [1.54, 1.807) is 4.90 Å². The molecule has 1 aromatic heterocycles. The minimum Gasteiger partial charge on any atom is -0.381 e. The lowest BCUT2D eigenvalue weighted by Gasteiger charge is -2.37. The Labute approximate surface area is 145 Å². The highest BCUT2D eigenvalue weighted by Gasteiger charge is 2.31. The number of alkyl halides is 2. The molecule has 3 rings (SSSR count). The molecule has 0 spiro atoms. The molecule has 2 fully saturated rings. The Hall–Kier alpha value is -1.58. The molecule has 0 aliphatic carbocycles. The Morgan fingerprint density at radius 3 is 2.60 bits per heavy atom. The van der Waals surface area contributed by atoms with E-state index >= 15 is 0 Å². The molecule has 1 amide bonds. The van der Waals surface area contributed by atoms with Crippen LogP contribution in [0.5, 0.6) is 0 Å². The number of nitrogens with zero attached hydrogens (tertiary/aromatic N) is 4. The van der Waals surface area contributed by atoms with Crippen LogP contribution in [0.25, 0.3) is 0 Å². The largest absolute Gasteiger partial charge is 0.381 e. The molecule has 0 aromatic carbocycles. The highest BCUT2D eigenvalue weighted by Crippen LogP contribution is 2.20. The fraction of sp³-hybridized carbons (Fsp3) is 0.750. The number of nitrogens with two attached hydrogens (primary N) is 1. The monoisotopic (exact) mass is 357 g/mol. The summed E-state index contributed by atoms with van der Waals surface area (Å²) >= 11 is 0. The first-order valence-corrected chi connectivity index (χ1v) is 8.70. The van der Waals surface area contributed by atoms with Crippen LogP contribution >= 0.6 is 0 Å². The first-order valence-electron chi connectivity index (χ1n) is 8.70.